The van der Waals surface area contributed by atoms with Gasteiger partial charge in [-0.15, -0.1) is 0 Å². The monoisotopic (exact) mass is 256 g/mol. The lowest BCUT2D eigenvalue weighted by Gasteiger charge is -2.34. The molecule has 1 aliphatic heterocycles. The third-order valence-electron chi connectivity index (χ3n) is 2.80. The molecule has 2 atom stereocenters. The quantitative estimate of drug-likeness (QED) is 0.823. The molecule has 0 spiro atoms. The molecule has 0 aliphatic carbocycles. The maximum atomic E-state index is 12.9. The van der Waals surface area contributed by atoms with E-state index in [9.17, 15) is 13.2 Å². The first-order valence-corrected chi connectivity index (χ1v) is 5.44. The number of para-hydroxylation sites is 1. The smallest absolute Gasteiger partial charge is 0.426 e. The fraction of sp³-hybridized carbons (Fsp3) is 0.417. The number of nitrogens with one attached hydrogen (secondary N) is 1. The number of hydrogen-bond acceptors (Lipinski definition) is 3. The van der Waals surface area contributed by atoms with E-state index in [0.717, 1.165) is 0 Å². The van der Waals surface area contributed by atoms with Crippen molar-refractivity contribution in [3.8, 4) is 11.8 Å². The maximum absolute atomic E-state index is 12.9. The predicted molar refractivity (Wildman–Crippen MR) is 58.0 cm³/mol. The van der Waals surface area contributed by atoms with Crippen LogP contribution in [0.15, 0.2) is 24.3 Å². The largest absolute Gasteiger partial charge is 0.479 e. The first-order valence-electron chi connectivity index (χ1n) is 5.44. The molecule has 0 unspecified atom stereocenters. The molecule has 1 aromatic rings. The van der Waals surface area contributed by atoms with Crippen LogP contribution < -0.4 is 10.1 Å². The Morgan fingerprint density at radius 1 is 1.39 bits per heavy atom. The third kappa shape index (κ3) is 2.57. The van der Waals surface area contributed by atoms with Gasteiger partial charge in [-0.05, 0) is 18.1 Å². The van der Waals surface area contributed by atoms with Gasteiger partial charge in [-0.2, -0.15) is 18.4 Å². The molecule has 1 N–H and O–H groups in total. The normalized spacial score (nSPS) is 22.8. The number of benzene rings is 1. The first kappa shape index (κ1) is 12.7. The van der Waals surface area contributed by atoms with Gasteiger partial charge in [0, 0.05) is 0 Å². The summed E-state index contributed by atoms with van der Waals surface area (Å²) in [6.07, 6.45) is -6.18. The molecule has 0 amide bonds. The molecule has 0 fully saturated rings. The fourth-order valence-corrected chi connectivity index (χ4v) is 2.00. The summed E-state index contributed by atoms with van der Waals surface area (Å²) in [5.74, 6) is 0.259. The second-order valence-electron chi connectivity index (χ2n) is 4.04. The van der Waals surface area contributed by atoms with Crippen LogP contribution in [0.3, 0.4) is 0 Å². The highest BCUT2D eigenvalue weighted by Crippen LogP contribution is 2.34. The molecule has 0 saturated carbocycles. The molecule has 0 aromatic heterocycles. The number of fused-ring (bicyclic) bond motifs is 1. The molecule has 0 saturated heterocycles. The third-order valence-corrected chi connectivity index (χ3v) is 2.80. The van der Waals surface area contributed by atoms with Crippen molar-refractivity contribution >= 4 is 0 Å². The van der Waals surface area contributed by atoms with Crippen LogP contribution in [0.5, 0.6) is 5.75 Å². The molecule has 1 aromatic carbocycles. The van der Waals surface area contributed by atoms with Gasteiger partial charge in [-0.1, -0.05) is 18.2 Å². The zero-order chi connectivity index (χ0) is 13.2. The Kier molecular flexibility index (Phi) is 3.43. The Balaban J connectivity index is 2.25. The molecule has 1 heterocycles. The number of alkyl halides is 3. The Morgan fingerprint density at radius 2 is 2.11 bits per heavy atom. The predicted octanol–water partition coefficient (Wildman–Crippen LogP) is 2.03. The van der Waals surface area contributed by atoms with Crippen LogP contribution in [-0.4, -0.2) is 24.9 Å². The van der Waals surface area contributed by atoms with E-state index in [1.54, 1.807) is 24.3 Å². The average molecular weight is 256 g/mol. The fourth-order valence-electron chi connectivity index (χ4n) is 2.00. The average Bonchev–Trinajstić information content (AvgIpc) is 2.34. The summed E-state index contributed by atoms with van der Waals surface area (Å²) in [5.41, 5.74) is 0.716. The molecule has 18 heavy (non-hydrogen) atoms. The summed E-state index contributed by atoms with van der Waals surface area (Å²) in [7, 11) is 0. The minimum absolute atomic E-state index is 0.136. The standard InChI is InChI=1S/C12H11F3N2O/c13-12(14,15)11-9(17-6-5-16)7-8-3-1-2-4-10(8)18-11/h1-4,9,11,17H,6-7H2/t9-,11-/m1/s1. The zero-order valence-electron chi connectivity index (χ0n) is 9.37. The summed E-state index contributed by atoms with van der Waals surface area (Å²) in [6, 6.07) is 7.48. The van der Waals surface area contributed by atoms with Crippen molar-refractivity contribution in [1.82, 2.24) is 5.32 Å². The van der Waals surface area contributed by atoms with Crippen molar-refractivity contribution in [3.63, 3.8) is 0 Å². The number of rotatable bonds is 2. The molecular weight excluding hydrogens is 245 g/mol. The topological polar surface area (TPSA) is 45.0 Å². The highest BCUT2D eigenvalue weighted by molar-refractivity contribution is 5.36. The summed E-state index contributed by atoms with van der Waals surface area (Å²) in [4.78, 5) is 0. The Labute approximate surface area is 102 Å². The first-order chi connectivity index (χ1) is 8.52. The van der Waals surface area contributed by atoms with Crippen LogP contribution in [0.4, 0.5) is 13.2 Å². The van der Waals surface area contributed by atoms with Crippen molar-refractivity contribution in [2.75, 3.05) is 6.54 Å². The summed E-state index contributed by atoms with van der Waals surface area (Å²) < 4.78 is 43.6. The molecular formula is C12H11F3N2O. The van der Waals surface area contributed by atoms with E-state index in [0.29, 0.717) is 5.56 Å². The number of ether oxygens (including phenoxy) is 1. The van der Waals surface area contributed by atoms with E-state index in [-0.39, 0.29) is 18.7 Å². The van der Waals surface area contributed by atoms with Crippen LogP contribution in [0, 0.1) is 11.3 Å². The molecule has 0 bridgehead atoms. The van der Waals surface area contributed by atoms with Gasteiger partial charge < -0.3 is 4.74 Å². The molecule has 6 heteroatoms. The summed E-state index contributed by atoms with van der Waals surface area (Å²) in [5, 5.41) is 11.0. The number of halogens is 3. The number of nitriles is 1. The van der Waals surface area contributed by atoms with E-state index in [1.807, 2.05) is 0 Å². The molecule has 96 valence electrons. The second kappa shape index (κ2) is 4.86. The van der Waals surface area contributed by atoms with Crippen molar-refractivity contribution in [3.05, 3.63) is 29.8 Å². The van der Waals surface area contributed by atoms with Crippen LogP contribution in [0.25, 0.3) is 0 Å². The Morgan fingerprint density at radius 3 is 2.78 bits per heavy atom. The van der Waals surface area contributed by atoms with Crippen LogP contribution >= 0.6 is 0 Å². The van der Waals surface area contributed by atoms with E-state index < -0.39 is 18.3 Å². The zero-order valence-corrected chi connectivity index (χ0v) is 9.37. The highest BCUT2D eigenvalue weighted by Gasteiger charge is 2.49. The molecule has 0 radical (unpaired) electrons. The van der Waals surface area contributed by atoms with Gasteiger partial charge in [0.15, 0.2) is 0 Å². The molecule has 3 nitrogen and oxygen atoms in total. The van der Waals surface area contributed by atoms with Crippen molar-refractivity contribution in [1.29, 1.82) is 5.26 Å². The van der Waals surface area contributed by atoms with Gasteiger partial charge in [0.25, 0.3) is 0 Å². The van der Waals surface area contributed by atoms with Gasteiger partial charge in [-0.25, -0.2) is 0 Å². The van der Waals surface area contributed by atoms with Crippen LogP contribution in [0.2, 0.25) is 0 Å². The Hall–Kier alpha value is -1.74. The van der Waals surface area contributed by atoms with Gasteiger partial charge in [-0.3, -0.25) is 5.32 Å². The minimum atomic E-state index is -4.46. The lowest BCUT2D eigenvalue weighted by Crippen LogP contribution is -2.54. The van der Waals surface area contributed by atoms with Crippen LogP contribution in [-0.2, 0) is 6.42 Å². The molecule has 2 rings (SSSR count). The van der Waals surface area contributed by atoms with E-state index in [1.165, 1.54) is 6.07 Å². The Bertz CT molecular complexity index is 467. The lowest BCUT2D eigenvalue weighted by molar-refractivity contribution is -0.205. The van der Waals surface area contributed by atoms with Crippen molar-refractivity contribution in [2.24, 2.45) is 0 Å². The lowest BCUT2D eigenvalue weighted by atomic mass is 9.96. The van der Waals surface area contributed by atoms with Gasteiger partial charge in [0.05, 0.1) is 18.7 Å². The number of hydrogen-bond donors (Lipinski definition) is 1. The van der Waals surface area contributed by atoms with E-state index in [4.69, 9.17) is 10.00 Å². The SMILES string of the molecule is N#CCN[C@@H]1Cc2ccccc2O[C@H]1C(F)(F)F. The van der Waals surface area contributed by atoms with Crippen molar-refractivity contribution in [2.45, 2.75) is 24.7 Å². The van der Waals surface area contributed by atoms with Gasteiger partial charge in [0.1, 0.15) is 5.75 Å². The van der Waals surface area contributed by atoms with Crippen molar-refractivity contribution < 1.29 is 17.9 Å². The number of nitrogens with zero attached hydrogens (tertiary/aromatic N) is 1. The van der Waals surface area contributed by atoms with Gasteiger partial charge >= 0.3 is 6.18 Å². The minimum Gasteiger partial charge on any atom is -0.479 e. The van der Waals surface area contributed by atoms with E-state index >= 15 is 0 Å². The van der Waals surface area contributed by atoms with Crippen LogP contribution in [0.1, 0.15) is 5.56 Å². The van der Waals surface area contributed by atoms with E-state index in [2.05, 4.69) is 5.32 Å². The molecule has 1 aliphatic rings. The maximum Gasteiger partial charge on any atom is 0.426 e. The summed E-state index contributed by atoms with van der Waals surface area (Å²) in [6.45, 7) is -0.136. The highest BCUT2D eigenvalue weighted by atomic mass is 19.4. The summed E-state index contributed by atoms with van der Waals surface area (Å²) >= 11 is 0. The second-order valence-corrected chi connectivity index (χ2v) is 4.04. The van der Waals surface area contributed by atoms with Gasteiger partial charge in [0.2, 0.25) is 6.10 Å².